The van der Waals surface area contributed by atoms with Gasteiger partial charge in [-0.3, -0.25) is 9.69 Å². The maximum absolute atomic E-state index is 12.3. The SMILES string of the molecule is N#CCCN(CCC#N)C(=O)CN1CC2CNCC2C1. The molecule has 0 bridgehead atoms. The molecule has 2 aliphatic rings. The van der Waals surface area contributed by atoms with Crippen molar-refractivity contribution in [1.29, 1.82) is 10.5 Å². The second-order valence-electron chi connectivity index (χ2n) is 5.57. The van der Waals surface area contributed by atoms with E-state index in [4.69, 9.17) is 10.5 Å². The van der Waals surface area contributed by atoms with E-state index in [-0.39, 0.29) is 5.91 Å². The van der Waals surface area contributed by atoms with Crippen molar-refractivity contribution in [2.24, 2.45) is 11.8 Å². The Kier molecular flexibility index (Phi) is 5.34. The second kappa shape index (κ2) is 7.23. The van der Waals surface area contributed by atoms with Crippen LogP contribution in [0.5, 0.6) is 0 Å². The molecule has 2 atom stereocenters. The minimum absolute atomic E-state index is 0.0448. The van der Waals surface area contributed by atoms with Gasteiger partial charge in [-0.25, -0.2) is 0 Å². The maximum atomic E-state index is 12.3. The van der Waals surface area contributed by atoms with Crippen LogP contribution >= 0.6 is 0 Å². The molecule has 20 heavy (non-hydrogen) atoms. The fourth-order valence-corrected chi connectivity index (χ4v) is 3.10. The Balaban J connectivity index is 1.81. The van der Waals surface area contributed by atoms with Gasteiger partial charge < -0.3 is 10.2 Å². The van der Waals surface area contributed by atoms with Crippen molar-refractivity contribution in [3.63, 3.8) is 0 Å². The molecule has 2 aliphatic heterocycles. The van der Waals surface area contributed by atoms with Gasteiger partial charge >= 0.3 is 0 Å². The van der Waals surface area contributed by atoms with Gasteiger partial charge in [-0.2, -0.15) is 10.5 Å². The average molecular weight is 275 g/mol. The predicted octanol–water partition coefficient (Wildman–Crippen LogP) is -0.206. The standard InChI is InChI=1S/C14H21N5O/c15-3-1-5-19(6-2-4-16)14(20)11-18-9-12-7-17-8-13(12)10-18/h12-13,17H,1-2,5-11H2. The number of carbonyl (C=O) groups excluding carboxylic acids is 1. The molecule has 2 saturated heterocycles. The lowest BCUT2D eigenvalue weighted by atomic mass is 10.0. The number of nitrogens with one attached hydrogen (secondary N) is 1. The van der Waals surface area contributed by atoms with Crippen LogP contribution in [0.25, 0.3) is 0 Å². The lowest BCUT2D eigenvalue weighted by Gasteiger charge is -2.24. The molecular formula is C14H21N5O. The number of amides is 1. The molecule has 0 aromatic rings. The topological polar surface area (TPSA) is 83.2 Å². The molecule has 1 amide bonds. The summed E-state index contributed by atoms with van der Waals surface area (Å²) in [4.78, 5) is 16.1. The summed E-state index contributed by atoms with van der Waals surface area (Å²) >= 11 is 0. The monoisotopic (exact) mass is 275 g/mol. The zero-order valence-electron chi connectivity index (χ0n) is 11.7. The molecule has 2 unspecified atom stereocenters. The number of nitriles is 2. The predicted molar refractivity (Wildman–Crippen MR) is 73.3 cm³/mol. The van der Waals surface area contributed by atoms with E-state index in [1.165, 1.54) is 0 Å². The van der Waals surface area contributed by atoms with Crippen LogP contribution in [0.15, 0.2) is 0 Å². The van der Waals surface area contributed by atoms with E-state index < -0.39 is 0 Å². The molecule has 2 fully saturated rings. The normalized spacial score (nSPS) is 24.9. The first-order valence-electron chi connectivity index (χ1n) is 7.19. The Labute approximate surface area is 119 Å². The molecule has 0 radical (unpaired) electrons. The van der Waals surface area contributed by atoms with Crippen LogP contribution in [0.2, 0.25) is 0 Å². The molecule has 0 aliphatic carbocycles. The third kappa shape index (κ3) is 3.69. The van der Waals surface area contributed by atoms with Crippen LogP contribution in [-0.2, 0) is 4.79 Å². The molecule has 2 heterocycles. The largest absolute Gasteiger partial charge is 0.340 e. The van der Waals surface area contributed by atoms with E-state index in [0.29, 0.717) is 44.3 Å². The van der Waals surface area contributed by atoms with E-state index in [1.807, 2.05) is 0 Å². The van der Waals surface area contributed by atoms with E-state index in [0.717, 1.165) is 26.2 Å². The van der Waals surface area contributed by atoms with Crippen molar-refractivity contribution in [3.05, 3.63) is 0 Å². The van der Waals surface area contributed by atoms with Gasteiger partial charge in [0.25, 0.3) is 0 Å². The van der Waals surface area contributed by atoms with Crippen molar-refractivity contribution in [2.45, 2.75) is 12.8 Å². The summed E-state index contributed by atoms with van der Waals surface area (Å²) in [6, 6.07) is 4.11. The summed E-state index contributed by atoms with van der Waals surface area (Å²) in [6.45, 7) is 5.35. The van der Waals surface area contributed by atoms with Crippen molar-refractivity contribution >= 4 is 5.91 Å². The third-order valence-corrected chi connectivity index (χ3v) is 4.16. The summed E-state index contributed by atoms with van der Waals surface area (Å²) in [5.41, 5.74) is 0. The summed E-state index contributed by atoms with van der Waals surface area (Å²) < 4.78 is 0. The molecular weight excluding hydrogens is 254 g/mol. The number of fused-ring (bicyclic) bond motifs is 1. The first kappa shape index (κ1) is 14.8. The smallest absolute Gasteiger partial charge is 0.236 e. The van der Waals surface area contributed by atoms with E-state index in [2.05, 4.69) is 22.4 Å². The number of nitrogens with zero attached hydrogens (tertiary/aromatic N) is 4. The summed E-state index contributed by atoms with van der Waals surface area (Å²) in [5, 5.41) is 20.7. The van der Waals surface area contributed by atoms with Gasteiger partial charge in [0.1, 0.15) is 0 Å². The highest BCUT2D eigenvalue weighted by Crippen LogP contribution is 2.25. The highest BCUT2D eigenvalue weighted by molar-refractivity contribution is 5.78. The summed E-state index contributed by atoms with van der Waals surface area (Å²) in [7, 11) is 0. The zero-order valence-corrected chi connectivity index (χ0v) is 11.7. The first-order valence-corrected chi connectivity index (χ1v) is 7.19. The van der Waals surface area contributed by atoms with Crippen molar-refractivity contribution < 1.29 is 4.79 Å². The number of rotatable bonds is 6. The first-order chi connectivity index (χ1) is 9.74. The average Bonchev–Trinajstić information content (AvgIpc) is 2.99. The van der Waals surface area contributed by atoms with Gasteiger partial charge in [0.05, 0.1) is 31.5 Å². The fourth-order valence-electron chi connectivity index (χ4n) is 3.10. The van der Waals surface area contributed by atoms with Gasteiger partial charge in [0.15, 0.2) is 0 Å². The minimum atomic E-state index is 0.0448. The van der Waals surface area contributed by atoms with Crippen molar-refractivity contribution in [2.75, 3.05) is 45.8 Å². The molecule has 2 rings (SSSR count). The van der Waals surface area contributed by atoms with Gasteiger partial charge in [0, 0.05) is 26.2 Å². The third-order valence-electron chi connectivity index (χ3n) is 4.16. The number of hydrogen-bond donors (Lipinski definition) is 1. The summed E-state index contributed by atoms with van der Waals surface area (Å²) in [5.74, 6) is 1.40. The molecule has 108 valence electrons. The molecule has 0 spiro atoms. The number of likely N-dealkylation sites (tertiary alicyclic amines) is 1. The van der Waals surface area contributed by atoms with Crippen LogP contribution in [0.4, 0.5) is 0 Å². The molecule has 0 aromatic heterocycles. The highest BCUT2D eigenvalue weighted by atomic mass is 16.2. The minimum Gasteiger partial charge on any atom is -0.340 e. The second-order valence-corrected chi connectivity index (χ2v) is 5.57. The van der Waals surface area contributed by atoms with Gasteiger partial charge in [-0.1, -0.05) is 0 Å². The Morgan fingerprint density at radius 1 is 1.15 bits per heavy atom. The van der Waals surface area contributed by atoms with Crippen LogP contribution in [0, 0.1) is 34.5 Å². The fraction of sp³-hybridized carbons (Fsp3) is 0.786. The quantitative estimate of drug-likeness (QED) is 0.725. The van der Waals surface area contributed by atoms with E-state index >= 15 is 0 Å². The van der Waals surface area contributed by atoms with E-state index in [9.17, 15) is 4.79 Å². The molecule has 6 heteroatoms. The number of hydrogen-bond acceptors (Lipinski definition) is 5. The maximum Gasteiger partial charge on any atom is 0.236 e. The van der Waals surface area contributed by atoms with Crippen LogP contribution in [0.3, 0.4) is 0 Å². The van der Waals surface area contributed by atoms with Crippen molar-refractivity contribution in [1.82, 2.24) is 15.1 Å². The van der Waals surface area contributed by atoms with Crippen molar-refractivity contribution in [3.8, 4) is 12.1 Å². The van der Waals surface area contributed by atoms with E-state index in [1.54, 1.807) is 4.90 Å². The lowest BCUT2D eigenvalue weighted by molar-refractivity contribution is -0.132. The zero-order chi connectivity index (χ0) is 14.4. The van der Waals surface area contributed by atoms with Crippen LogP contribution in [0.1, 0.15) is 12.8 Å². The highest BCUT2D eigenvalue weighted by Gasteiger charge is 2.36. The van der Waals surface area contributed by atoms with Gasteiger partial charge in [0.2, 0.25) is 5.91 Å². The Morgan fingerprint density at radius 2 is 1.70 bits per heavy atom. The molecule has 0 saturated carbocycles. The lowest BCUT2D eigenvalue weighted by Crippen LogP contribution is -2.41. The molecule has 6 nitrogen and oxygen atoms in total. The van der Waals surface area contributed by atoms with Crippen LogP contribution in [-0.4, -0.2) is 61.5 Å². The Hall–Kier alpha value is -1.63. The van der Waals surface area contributed by atoms with Gasteiger partial charge in [-0.05, 0) is 24.9 Å². The molecule has 1 N–H and O–H groups in total. The van der Waals surface area contributed by atoms with Crippen LogP contribution < -0.4 is 5.32 Å². The Bertz CT molecular complexity index is 394. The number of carbonyl (C=O) groups is 1. The summed E-state index contributed by atoms with van der Waals surface area (Å²) in [6.07, 6.45) is 0.651. The molecule has 0 aromatic carbocycles. The Morgan fingerprint density at radius 3 is 2.20 bits per heavy atom. The van der Waals surface area contributed by atoms with Gasteiger partial charge in [-0.15, -0.1) is 0 Å².